The van der Waals surface area contributed by atoms with E-state index < -0.39 is 0 Å². The number of carbonyl (C=O) groups excluding carboxylic acids is 2. The Labute approximate surface area is 139 Å². The molecule has 0 aliphatic carbocycles. The molecule has 22 heavy (non-hydrogen) atoms. The number of hydrogen-bond acceptors (Lipinski definition) is 3. The number of carbonyl (C=O) groups is 2. The zero-order valence-corrected chi connectivity index (χ0v) is 13.8. The number of amides is 2. The summed E-state index contributed by atoms with van der Waals surface area (Å²) >= 11 is 8.14. The number of nitrogens with zero attached hydrogens (tertiary/aromatic N) is 1. The van der Waals surface area contributed by atoms with Gasteiger partial charge in [0.15, 0.2) is 0 Å². The van der Waals surface area contributed by atoms with Crippen LogP contribution in [-0.4, -0.2) is 41.6 Å². The van der Waals surface area contributed by atoms with Gasteiger partial charge in [0.2, 0.25) is 11.8 Å². The predicted octanol–water partition coefficient (Wildman–Crippen LogP) is 2.63. The number of nitrogens with one attached hydrogen (secondary N) is 1. The van der Waals surface area contributed by atoms with Crippen molar-refractivity contribution in [3.63, 3.8) is 0 Å². The molecule has 2 unspecified atom stereocenters. The molecule has 4 nitrogen and oxygen atoms in total. The minimum atomic E-state index is -0.325. The standard InChI is InChI=1S/C16H19ClN2O2S/c17-12-4-2-1-3-11(12)14-7-8-19(9-10-22-14)16(21)13-5-6-15(20)18-13/h1-4,13-14H,5-10H2,(H,18,20). The quantitative estimate of drug-likeness (QED) is 0.901. The van der Waals surface area contributed by atoms with Crippen molar-refractivity contribution in [3.05, 3.63) is 34.9 Å². The monoisotopic (exact) mass is 338 g/mol. The fourth-order valence-corrected chi connectivity index (χ4v) is 4.59. The number of hydrogen-bond donors (Lipinski definition) is 1. The SMILES string of the molecule is O=C1CCC(C(=O)N2CCSC(c3ccccc3Cl)CC2)N1. The summed E-state index contributed by atoms with van der Waals surface area (Å²) in [5.41, 5.74) is 1.15. The average Bonchev–Trinajstić information content (AvgIpc) is 2.81. The fourth-order valence-electron chi connectivity index (χ4n) is 2.99. The summed E-state index contributed by atoms with van der Waals surface area (Å²) in [7, 11) is 0. The van der Waals surface area contributed by atoms with Crippen LogP contribution < -0.4 is 5.32 Å². The second-order valence-corrected chi connectivity index (χ2v) is 7.37. The highest BCUT2D eigenvalue weighted by Gasteiger charge is 2.32. The van der Waals surface area contributed by atoms with Crippen molar-refractivity contribution in [1.82, 2.24) is 10.2 Å². The van der Waals surface area contributed by atoms with E-state index in [2.05, 4.69) is 11.4 Å². The normalized spacial score (nSPS) is 25.7. The van der Waals surface area contributed by atoms with Gasteiger partial charge in [-0.05, 0) is 24.5 Å². The first-order valence-electron chi connectivity index (χ1n) is 7.59. The fraction of sp³-hybridized carbons (Fsp3) is 0.500. The van der Waals surface area contributed by atoms with E-state index in [9.17, 15) is 9.59 Å². The molecule has 2 aliphatic rings. The summed E-state index contributed by atoms with van der Waals surface area (Å²) in [6.45, 7) is 1.45. The van der Waals surface area contributed by atoms with Gasteiger partial charge in [0.05, 0.1) is 0 Å². The van der Waals surface area contributed by atoms with Crippen molar-refractivity contribution in [3.8, 4) is 0 Å². The predicted molar refractivity (Wildman–Crippen MR) is 89.0 cm³/mol. The highest BCUT2D eigenvalue weighted by molar-refractivity contribution is 7.99. The van der Waals surface area contributed by atoms with Gasteiger partial charge in [-0.2, -0.15) is 11.8 Å². The van der Waals surface area contributed by atoms with E-state index in [4.69, 9.17) is 11.6 Å². The molecule has 1 N–H and O–H groups in total. The lowest BCUT2D eigenvalue weighted by molar-refractivity contribution is -0.134. The maximum Gasteiger partial charge on any atom is 0.245 e. The van der Waals surface area contributed by atoms with Crippen molar-refractivity contribution in [2.24, 2.45) is 0 Å². The van der Waals surface area contributed by atoms with Crippen LogP contribution in [0.3, 0.4) is 0 Å². The molecular weight excluding hydrogens is 320 g/mol. The van der Waals surface area contributed by atoms with Gasteiger partial charge in [0.1, 0.15) is 6.04 Å². The minimum Gasteiger partial charge on any atom is -0.344 e. The van der Waals surface area contributed by atoms with Gasteiger partial charge in [-0.3, -0.25) is 9.59 Å². The summed E-state index contributed by atoms with van der Waals surface area (Å²) in [4.78, 5) is 25.7. The van der Waals surface area contributed by atoms with E-state index in [0.29, 0.717) is 24.6 Å². The third-order valence-electron chi connectivity index (χ3n) is 4.20. The zero-order chi connectivity index (χ0) is 15.5. The molecule has 0 aromatic heterocycles. The molecule has 1 aromatic carbocycles. The molecule has 0 spiro atoms. The van der Waals surface area contributed by atoms with Gasteiger partial charge < -0.3 is 10.2 Å². The number of benzene rings is 1. The first kappa shape index (κ1) is 15.7. The second-order valence-electron chi connectivity index (χ2n) is 5.65. The van der Waals surface area contributed by atoms with Gasteiger partial charge in [0.25, 0.3) is 0 Å². The molecule has 0 bridgehead atoms. The maximum atomic E-state index is 12.5. The van der Waals surface area contributed by atoms with Crippen molar-refractivity contribution < 1.29 is 9.59 Å². The van der Waals surface area contributed by atoms with E-state index >= 15 is 0 Å². The molecule has 6 heteroatoms. The third kappa shape index (κ3) is 3.41. The Morgan fingerprint density at radius 3 is 2.82 bits per heavy atom. The zero-order valence-electron chi connectivity index (χ0n) is 12.3. The molecule has 2 fully saturated rings. The van der Waals surface area contributed by atoms with Crippen molar-refractivity contribution in [2.75, 3.05) is 18.8 Å². The Morgan fingerprint density at radius 2 is 2.09 bits per heavy atom. The van der Waals surface area contributed by atoms with Crippen LogP contribution in [0.1, 0.15) is 30.1 Å². The molecule has 2 aliphatic heterocycles. The van der Waals surface area contributed by atoms with E-state index in [1.165, 1.54) is 0 Å². The first-order chi connectivity index (χ1) is 10.6. The van der Waals surface area contributed by atoms with Crippen molar-refractivity contribution in [2.45, 2.75) is 30.6 Å². The van der Waals surface area contributed by atoms with Gasteiger partial charge in [-0.1, -0.05) is 29.8 Å². The van der Waals surface area contributed by atoms with E-state index in [-0.39, 0.29) is 17.9 Å². The third-order valence-corrected chi connectivity index (χ3v) is 5.85. The molecule has 0 radical (unpaired) electrons. The number of thioether (sulfide) groups is 1. The lowest BCUT2D eigenvalue weighted by Gasteiger charge is -2.23. The summed E-state index contributed by atoms with van der Waals surface area (Å²) < 4.78 is 0. The van der Waals surface area contributed by atoms with Gasteiger partial charge in [-0.25, -0.2) is 0 Å². The Morgan fingerprint density at radius 1 is 1.27 bits per heavy atom. The van der Waals surface area contributed by atoms with Crippen molar-refractivity contribution >= 4 is 35.2 Å². The molecule has 118 valence electrons. The van der Waals surface area contributed by atoms with E-state index in [0.717, 1.165) is 29.3 Å². The Hall–Kier alpha value is -1.20. The maximum absolute atomic E-state index is 12.5. The molecule has 2 saturated heterocycles. The Balaban J connectivity index is 1.64. The van der Waals surface area contributed by atoms with Gasteiger partial charge in [-0.15, -0.1) is 0 Å². The van der Waals surface area contributed by atoms with Crippen LogP contribution in [0.15, 0.2) is 24.3 Å². The molecule has 3 rings (SSSR count). The summed E-state index contributed by atoms with van der Waals surface area (Å²) in [6.07, 6.45) is 1.97. The van der Waals surface area contributed by atoms with Gasteiger partial charge >= 0.3 is 0 Å². The smallest absolute Gasteiger partial charge is 0.245 e. The first-order valence-corrected chi connectivity index (χ1v) is 9.02. The second kappa shape index (κ2) is 6.92. The molecule has 2 heterocycles. The lowest BCUT2D eigenvalue weighted by atomic mass is 10.1. The van der Waals surface area contributed by atoms with Crippen LogP contribution in [0.5, 0.6) is 0 Å². The van der Waals surface area contributed by atoms with Crippen LogP contribution in [0.25, 0.3) is 0 Å². The van der Waals surface area contributed by atoms with E-state index in [1.54, 1.807) is 0 Å². The Kier molecular flexibility index (Phi) is 4.93. The molecule has 0 saturated carbocycles. The summed E-state index contributed by atoms with van der Waals surface area (Å²) in [6, 6.07) is 7.60. The minimum absolute atomic E-state index is 0.0171. The molecule has 2 amide bonds. The van der Waals surface area contributed by atoms with Crippen LogP contribution in [0.4, 0.5) is 0 Å². The average molecular weight is 339 g/mol. The number of halogens is 1. The molecule has 2 atom stereocenters. The van der Waals surface area contributed by atoms with Crippen LogP contribution >= 0.6 is 23.4 Å². The van der Waals surface area contributed by atoms with Crippen LogP contribution in [0, 0.1) is 0 Å². The lowest BCUT2D eigenvalue weighted by Crippen LogP contribution is -2.45. The Bertz CT molecular complexity index is 581. The highest BCUT2D eigenvalue weighted by atomic mass is 35.5. The van der Waals surface area contributed by atoms with Crippen molar-refractivity contribution in [1.29, 1.82) is 0 Å². The van der Waals surface area contributed by atoms with E-state index in [1.807, 2.05) is 34.9 Å². The largest absolute Gasteiger partial charge is 0.344 e. The van der Waals surface area contributed by atoms with Gasteiger partial charge in [0, 0.05) is 35.5 Å². The highest BCUT2D eigenvalue weighted by Crippen LogP contribution is 2.37. The van der Waals surface area contributed by atoms with Crippen LogP contribution in [0.2, 0.25) is 5.02 Å². The summed E-state index contributed by atoms with van der Waals surface area (Å²) in [5.74, 6) is 0.935. The van der Waals surface area contributed by atoms with Crippen LogP contribution in [-0.2, 0) is 9.59 Å². The summed E-state index contributed by atoms with van der Waals surface area (Å²) in [5, 5.41) is 3.88. The molecule has 1 aromatic rings. The molecular formula is C16H19ClN2O2S. The number of rotatable bonds is 2. The topological polar surface area (TPSA) is 49.4 Å².